The molecule has 9 heteroatoms. The van der Waals surface area contributed by atoms with E-state index in [4.69, 9.17) is 16.3 Å². The summed E-state index contributed by atoms with van der Waals surface area (Å²) in [6, 6.07) is 7.68. The third-order valence-corrected chi connectivity index (χ3v) is 5.55. The summed E-state index contributed by atoms with van der Waals surface area (Å²) in [6.07, 6.45) is 1.00. The van der Waals surface area contributed by atoms with Gasteiger partial charge >= 0.3 is 5.97 Å². The van der Waals surface area contributed by atoms with E-state index in [-0.39, 0.29) is 24.7 Å². The zero-order chi connectivity index (χ0) is 19.9. The molecule has 1 fully saturated rings. The number of carbonyl (C=O) groups is 2. The van der Waals surface area contributed by atoms with Gasteiger partial charge in [0.05, 0.1) is 13.0 Å². The van der Waals surface area contributed by atoms with E-state index >= 15 is 0 Å². The molecule has 7 nitrogen and oxygen atoms in total. The molecule has 28 heavy (non-hydrogen) atoms. The number of amides is 1. The first-order chi connectivity index (χ1) is 13.5. The fourth-order valence-electron chi connectivity index (χ4n) is 2.98. The van der Waals surface area contributed by atoms with E-state index in [0.29, 0.717) is 44.2 Å². The van der Waals surface area contributed by atoms with Crippen molar-refractivity contribution in [2.24, 2.45) is 0 Å². The molecule has 150 valence electrons. The van der Waals surface area contributed by atoms with Gasteiger partial charge in [-0.05, 0) is 24.6 Å². The van der Waals surface area contributed by atoms with Gasteiger partial charge in [-0.2, -0.15) is 4.37 Å². The third kappa shape index (κ3) is 5.65. The molecule has 1 aliphatic rings. The predicted octanol–water partition coefficient (Wildman–Crippen LogP) is 2.77. The Labute approximate surface area is 173 Å². The molecule has 0 N–H and O–H groups in total. The number of rotatable bonds is 7. The number of esters is 1. The maximum atomic E-state index is 12.2. The van der Waals surface area contributed by atoms with Crippen molar-refractivity contribution in [2.45, 2.75) is 26.2 Å². The highest BCUT2D eigenvalue weighted by molar-refractivity contribution is 7.09. The normalized spacial score (nSPS) is 14.2. The fraction of sp³-hybridized carbons (Fsp3) is 0.474. The van der Waals surface area contributed by atoms with Crippen LogP contribution in [0.15, 0.2) is 24.3 Å². The van der Waals surface area contributed by atoms with Crippen molar-refractivity contribution in [3.05, 3.63) is 40.7 Å². The quantitative estimate of drug-likeness (QED) is 0.638. The second-order valence-corrected chi connectivity index (χ2v) is 7.64. The van der Waals surface area contributed by atoms with E-state index in [2.05, 4.69) is 14.3 Å². The summed E-state index contributed by atoms with van der Waals surface area (Å²) >= 11 is 7.30. The number of aromatic nitrogens is 2. The largest absolute Gasteiger partial charge is 0.466 e. The summed E-state index contributed by atoms with van der Waals surface area (Å²) in [4.78, 5) is 32.2. The molecule has 1 aliphatic heterocycles. The molecule has 0 unspecified atom stereocenters. The molecule has 0 radical (unpaired) electrons. The van der Waals surface area contributed by atoms with Crippen molar-refractivity contribution >= 4 is 40.1 Å². The van der Waals surface area contributed by atoms with Gasteiger partial charge in [0.25, 0.3) is 0 Å². The molecular formula is C19H23ClN4O3S. The van der Waals surface area contributed by atoms with Gasteiger partial charge < -0.3 is 14.5 Å². The Bertz CT molecular complexity index is 804. The SMILES string of the molecule is CCOC(=O)CCC(=O)N1CCN(c2nc(Cc3ccc(Cl)cc3)ns2)CC1. The summed E-state index contributed by atoms with van der Waals surface area (Å²) in [7, 11) is 0. The number of anilines is 1. The zero-order valence-electron chi connectivity index (χ0n) is 15.8. The van der Waals surface area contributed by atoms with Crippen LogP contribution in [-0.2, 0) is 20.7 Å². The number of hydrogen-bond donors (Lipinski definition) is 0. The van der Waals surface area contributed by atoms with E-state index in [0.717, 1.165) is 16.5 Å². The number of ether oxygens (including phenoxy) is 1. The van der Waals surface area contributed by atoms with Gasteiger partial charge in [-0.3, -0.25) is 9.59 Å². The van der Waals surface area contributed by atoms with Crippen LogP contribution >= 0.6 is 23.1 Å². The first kappa shape index (κ1) is 20.5. The molecule has 2 heterocycles. The van der Waals surface area contributed by atoms with Gasteiger partial charge in [0.2, 0.25) is 11.0 Å². The molecule has 0 spiro atoms. The summed E-state index contributed by atoms with van der Waals surface area (Å²) < 4.78 is 9.32. The van der Waals surface area contributed by atoms with Crippen molar-refractivity contribution < 1.29 is 14.3 Å². The van der Waals surface area contributed by atoms with Crippen LogP contribution < -0.4 is 4.90 Å². The molecule has 0 bridgehead atoms. The number of piperazine rings is 1. The van der Waals surface area contributed by atoms with Crippen molar-refractivity contribution in [3.8, 4) is 0 Å². The van der Waals surface area contributed by atoms with E-state index in [9.17, 15) is 9.59 Å². The summed E-state index contributed by atoms with van der Waals surface area (Å²) in [6.45, 7) is 4.75. The average molecular weight is 423 g/mol. The number of benzene rings is 1. The Morgan fingerprint density at radius 3 is 2.54 bits per heavy atom. The topological polar surface area (TPSA) is 75.6 Å². The third-order valence-electron chi connectivity index (χ3n) is 4.48. The fourth-order valence-corrected chi connectivity index (χ4v) is 3.84. The van der Waals surface area contributed by atoms with Crippen LogP contribution in [-0.4, -0.2) is 58.9 Å². The van der Waals surface area contributed by atoms with E-state index in [1.165, 1.54) is 11.5 Å². The lowest BCUT2D eigenvalue weighted by molar-refractivity contribution is -0.145. The van der Waals surface area contributed by atoms with E-state index < -0.39 is 0 Å². The Morgan fingerprint density at radius 2 is 1.86 bits per heavy atom. The molecule has 1 aromatic heterocycles. The van der Waals surface area contributed by atoms with Crippen LogP contribution in [0.4, 0.5) is 5.13 Å². The van der Waals surface area contributed by atoms with Crippen LogP contribution in [0.1, 0.15) is 31.2 Å². The van der Waals surface area contributed by atoms with Gasteiger partial charge in [-0.25, -0.2) is 4.98 Å². The number of carbonyl (C=O) groups excluding carboxylic acids is 2. The minimum atomic E-state index is -0.323. The highest BCUT2D eigenvalue weighted by Crippen LogP contribution is 2.21. The monoisotopic (exact) mass is 422 g/mol. The lowest BCUT2D eigenvalue weighted by atomic mass is 10.1. The smallest absolute Gasteiger partial charge is 0.306 e. The number of hydrogen-bond acceptors (Lipinski definition) is 7. The minimum Gasteiger partial charge on any atom is -0.466 e. The van der Waals surface area contributed by atoms with Gasteiger partial charge in [-0.1, -0.05) is 23.7 Å². The van der Waals surface area contributed by atoms with Crippen LogP contribution in [0.25, 0.3) is 0 Å². The van der Waals surface area contributed by atoms with Crippen LogP contribution in [0, 0.1) is 0 Å². The van der Waals surface area contributed by atoms with Crippen LogP contribution in [0.3, 0.4) is 0 Å². The Hall–Kier alpha value is -2.19. The van der Waals surface area contributed by atoms with Crippen LogP contribution in [0.5, 0.6) is 0 Å². The summed E-state index contributed by atoms with van der Waals surface area (Å²) in [5.41, 5.74) is 1.12. The first-order valence-electron chi connectivity index (χ1n) is 9.30. The average Bonchev–Trinajstić information content (AvgIpc) is 3.17. The number of halogens is 1. The molecule has 3 rings (SSSR count). The molecule has 2 aromatic rings. The second-order valence-electron chi connectivity index (χ2n) is 6.47. The lowest BCUT2D eigenvalue weighted by Gasteiger charge is -2.34. The Balaban J connectivity index is 1.47. The highest BCUT2D eigenvalue weighted by atomic mass is 35.5. The maximum absolute atomic E-state index is 12.2. The summed E-state index contributed by atoms with van der Waals surface area (Å²) in [5.74, 6) is 0.459. The molecule has 0 saturated carbocycles. The lowest BCUT2D eigenvalue weighted by Crippen LogP contribution is -2.48. The van der Waals surface area contributed by atoms with Gasteiger partial charge in [0.1, 0.15) is 5.82 Å². The van der Waals surface area contributed by atoms with Crippen LogP contribution in [0.2, 0.25) is 5.02 Å². The zero-order valence-corrected chi connectivity index (χ0v) is 17.3. The Kier molecular flexibility index (Phi) is 7.22. The summed E-state index contributed by atoms with van der Waals surface area (Å²) in [5, 5.41) is 1.59. The predicted molar refractivity (Wildman–Crippen MR) is 109 cm³/mol. The molecule has 0 aliphatic carbocycles. The maximum Gasteiger partial charge on any atom is 0.306 e. The number of nitrogens with zero attached hydrogens (tertiary/aromatic N) is 4. The van der Waals surface area contributed by atoms with Crippen molar-refractivity contribution in [3.63, 3.8) is 0 Å². The van der Waals surface area contributed by atoms with Gasteiger partial charge in [0, 0.05) is 55.6 Å². The standard InChI is InChI=1S/C19H23ClN4O3S/c1-2-27-18(26)8-7-17(25)23-9-11-24(12-10-23)19-21-16(22-28-19)13-14-3-5-15(20)6-4-14/h3-6H,2,7-13H2,1H3. The van der Waals surface area contributed by atoms with Crippen molar-refractivity contribution in [1.29, 1.82) is 0 Å². The minimum absolute atomic E-state index is 0.00612. The van der Waals surface area contributed by atoms with Crippen molar-refractivity contribution in [1.82, 2.24) is 14.3 Å². The second kappa shape index (κ2) is 9.84. The molecule has 1 aromatic carbocycles. The molecular weight excluding hydrogens is 400 g/mol. The van der Waals surface area contributed by atoms with E-state index in [1.54, 1.807) is 11.8 Å². The van der Waals surface area contributed by atoms with E-state index in [1.807, 2.05) is 24.3 Å². The van der Waals surface area contributed by atoms with Gasteiger partial charge in [0.15, 0.2) is 0 Å². The molecule has 1 saturated heterocycles. The van der Waals surface area contributed by atoms with Crippen molar-refractivity contribution in [2.75, 3.05) is 37.7 Å². The van der Waals surface area contributed by atoms with Gasteiger partial charge in [-0.15, -0.1) is 0 Å². The first-order valence-corrected chi connectivity index (χ1v) is 10.5. The molecule has 0 atom stereocenters. The molecule has 1 amide bonds. The highest BCUT2D eigenvalue weighted by Gasteiger charge is 2.23. The Morgan fingerprint density at radius 1 is 1.14 bits per heavy atom.